The standard InChI is InChI=1S/C17H26IO3S/c1-3-4-5-6-7-11-14-17(21-22(2,19)20)15-18-16-12-9-8-10-13-16/h8-10,12-13,15H,3-7,11,14H2,1-2H3/q+1/b17-15+. The molecule has 3 nitrogen and oxygen atoms in total. The van der Waals surface area contributed by atoms with E-state index in [9.17, 15) is 8.42 Å². The molecular weight excluding hydrogens is 411 g/mol. The van der Waals surface area contributed by atoms with Gasteiger partial charge in [-0.15, -0.1) is 0 Å². The Balaban J connectivity index is 2.49. The molecule has 0 atom stereocenters. The first-order chi connectivity index (χ1) is 10.5. The quantitative estimate of drug-likeness (QED) is 0.228. The van der Waals surface area contributed by atoms with E-state index < -0.39 is 10.1 Å². The second-order valence-corrected chi connectivity index (χ2v) is 9.35. The van der Waals surface area contributed by atoms with Crippen LogP contribution < -0.4 is 21.2 Å². The molecule has 0 radical (unpaired) electrons. The first-order valence-corrected chi connectivity index (χ1v) is 11.9. The Hall–Kier alpha value is -0.560. The second-order valence-electron chi connectivity index (χ2n) is 5.29. The van der Waals surface area contributed by atoms with E-state index in [0.29, 0.717) is 12.2 Å². The van der Waals surface area contributed by atoms with Gasteiger partial charge in [-0.05, 0) is 18.6 Å². The van der Waals surface area contributed by atoms with E-state index in [1.807, 2.05) is 22.3 Å². The van der Waals surface area contributed by atoms with Gasteiger partial charge in [0, 0.05) is 6.42 Å². The molecule has 1 rings (SSSR count). The Bertz CT molecular complexity index is 538. The number of rotatable bonds is 11. The molecule has 0 fully saturated rings. The van der Waals surface area contributed by atoms with Crippen LogP contribution >= 0.6 is 0 Å². The maximum Gasteiger partial charge on any atom is 0.353 e. The molecule has 0 bridgehead atoms. The van der Waals surface area contributed by atoms with Gasteiger partial charge in [-0.1, -0.05) is 57.2 Å². The topological polar surface area (TPSA) is 43.4 Å². The highest BCUT2D eigenvalue weighted by atomic mass is 127. The van der Waals surface area contributed by atoms with Crippen molar-refractivity contribution in [2.24, 2.45) is 0 Å². The average Bonchev–Trinajstić information content (AvgIpc) is 2.48. The van der Waals surface area contributed by atoms with Gasteiger partial charge in [-0.2, -0.15) is 8.42 Å². The van der Waals surface area contributed by atoms with Crippen LogP contribution in [-0.4, -0.2) is 14.7 Å². The smallest absolute Gasteiger partial charge is 0.353 e. The maximum absolute atomic E-state index is 11.4. The molecule has 0 saturated heterocycles. The monoisotopic (exact) mass is 437 g/mol. The van der Waals surface area contributed by atoms with Crippen LogP contribution in [0.25, 0.3) is 0 Å². The summed E-state index contributed by atoms with van der Waals surface area (Å²) in [6.07, 6.45) is 8.95. The summed E-state index contributed by atoms with van der Waals surface area (Å²) in [6, 6.07) is 10.2. The number of hydrogen-bond acceptors (Lipinski definition) is 3. The van der Waals surface area contributed by atoms with Gasteiger partial charge >= 0.3 is 31.3 Å². The molecule has 0 aromatic heterocycles. The SMILES string of the molecule is CCCCCCCC/C(=C\[I+]c1ccccc1)OS(C)(=O)=O. The summed E-state index contributed by atoms with van der Waals surface area (Å²) in [5, 5.41) is 0. The van der Waals surface area contributed by atoms with Crippen molar-refractivity contribution in [1.29, 1.82) is 0 Å². The van der Waals surface area contributed by atoms with E-state index in [2.05, 4.69) is 19.1 Å². The van der Waals surface area contributed by atoms with Crippen molar-refractivity contribution in [2.45, 2.75) is 51.9 Å². The van der Waals surface area contributed by atoms with E-state index >= 15 is 0 Å². The lowest BCUT2D eigenvalue weighted by atomic mass is 10.1. The lowest BCUT2D eigenvalue weighted by Crippen LogP contribution is -3.59. The molecule has 0 saturated carbocycles. The van der Waals surface area contributed by atoms with Gasteiger partial charge in [0.25, 0.3) is 0 Å². The fraction of sp³-hybridized carbons (Fsp3) is 0.529. The zero-order chi connectivity index (χ0) is 16.3. The highest BCUT2D eigenvalue weighted by Gasteiger charge is 2.15. The Morgan fingerprint density at radius 2 is 1.73 bits per heavy atom. The van der Waals surface area contributed by atoms with Gasteiger partial charge < -0.3 is 4.18 Å². The van der Waals surface area contributed by atoms with Crippen molar-refractivity contribution in [3.63, 3.8) is 0 Å². The highest BCUT2D eigenvalue weighted by molar-refractivity contribution is 7.86. The molecule has 0 unspecified atom stereocenters. The van der Waals surface area contributed by atoms with Crippen LogP contribution in [-0.2, 0) is 14.3 Å². The van der Waals surface area contributed by atoms with Crippen molar-refractivity contribution in [1.82, 2.24) is 0 Å². The van der Waals surface area contributed by atoms with Crippen LogP contribution in [0.3, 0.4) is 0 Å². The Morgan fingerprint density at radius 3 is 2.36 bits per heavy atom. The fourth-order valence-electron chi connectivity index (χ4n) is 2.00. The Kier molecular flexibility index (Phi) is 9.79. The summed E-state index contributed by atoms with van der Waals surface area (Å²) in [5.41, 5.74) is 0. The van der Waals surface area contributed by atoms with E-state index in [0.717, 1.165) is 19.1 Å². The predicted octanol–water partition coefficient (Wildman–Crippen LogP) is 1.51. The molecule has 124 valence electrons. The van der Waals surface area contributed by atoms with Crippen LogP contribution in [0, 0.1) is 3.57 Å². The van der Waals surface area contributed by atoms with Gasteiger partial charge in [-0.25, -0.2) is 0 Å². The first-order valence-electron chi connectivity index (χ1n) is 7.78. The molecule has 1 aromatic rings. The molecule has 22 heavy (non-hydrogen) atoms. The number of hydrogen-bond donors (Lipinski definition) is 0. The molecule has 0 aliphatic carbocycles. The minimum Gasteiger partial charge on any atom is -0.383 e. The number of unbranched alkanes of at least 4 members (excludes halogenated alkanes) is 5. The molecule has 0 amide bonds. The minimum atomic E-state index is -3.43. The third-order valence-corrected chi connectivity index (χ3v) is 6.03. The normalized spacial score (nSPS) is 12.4. The van der Waals surface area contributed by atoms with Crippen molar-refractivity contribution in [3.05, 3.63) is 43.7 Å². The van der Waals surface area contributed by atoms with E-state index in [4.69, 9.17) is 4.18 Å². The van der Waals surface area contributed by atoms with E-state index in [1.165, 1.54) is 29.3 Å². The average molecular weight is 437 g/mol. The van der Waals surface area contributed by atoms with Crippen LogP contribution in [0.5, 0.6) is 0 Å². The lowest BCUT2D eigenvalue weighted by molar-refractivity contribution is -0.558. The molecule has 0 heterocycles. The third-order valence-electron chi connectivity index (χ3n) is 3.07. The summed E-state index contributed by atoms with van der Waals surface area (Å²) in [4.78, 5) is 0. The Morgan fingerprint density at radius 1 is 1.09 bits per heavy atom. The summed E-state index contributed by atoms with van der Waals surface area (Å²) in [6.45, 7) is 2.20. The minimum absolute atomic E-state index is 0.352. The highest BCUT2D eigenvalue weighted by Crippen LogP contribution is 2.13. The van der Waals surface area contributed by atoms with Crippen LogP contribution in [0.4, 0.5) is 0 Å². The lowest BCUT2D eigenvalue weighted by Gasteiger charge is -2.05. The van der Waals surface area contributed by atoms with Gasteiger partial charge in [0.15, 0.2) is 13.4 Å². The molecule has 0 N–H and O–H groups in total. The van der Waals surface area contributed by atoms with Gasteiger partial charge in [0.2, 0.25) is 0 Å². The van der Waals surface area contributed by atoms with E-state index in [1.54, 1.807) is 0 Å². The number of halogens is 1. The summed E-state index contributed by atoms with van der Waals surface area (Å²) in [5.74, 6) is 0.620. The third kappa shape index (κ3) is 10.2. The molecule has 0 aliphatic heterocycles. The maximum atomic E-state index is 11.4. The molecular formula is C17H26IO3S+. The predicted molar refractivity (Wildman–Crippen MR) is 87.1 cm³/mol. The summed E-state index contributed by atoms with van der Waals surface area (Å²) < 4.78 is 31.2. The van der Waals surface area contributed by atoms with Crippen molar-refractivity contribution in [2.75, 3.05) is 6.26 Å². The number of benzene rings is 1. The van der Waals surface area contributed by atoms with Crippen LogP contribution in [0.2, 0.25) is 0 Å². The zero-order valence-corrected chi connectivity index (χ0v) is 16.4. The molecule has 5 heteroatoms. The number of allylic oxidation sites excluding steroid dienone is 1. The molecule has 0 spiro atoms. The second kappa shape index (κ2) is 11.0. The van der Waals surface area contributed by atoms with Gasteiger partial charge in [0.05, 0.1) is 6.26 Å². The first kappa shape index (κ1) is 19.5. The van der Waals surface area contributed by atoms with E-state index in [-0.39, 0.29) is 21.2 Å². The van der Waals surface area contributed by atoms with Gasteiger partial charge in [-0.3, -0.25) is 0 Å². The fourth-order valence-corrected chi connectivity index (χ4v) is 4.67. The molecule has 1 aromatic carbocycles. The summed E-state index contributed by atoms with van der Waals surface area (Å²) >= 11 is -0.352. The zero-order valence-electron chi connectivity index (χ0n) is 13.4. The Labute approximate surface area is 145 Å². The van der Waals surface area contributed by atoms with Crippen LogP contribution in [0.15, 0.2) is 40.2 Å². The van der Waals surface area contributed by atoms with Gasteiger partial charge in [0.1, 0.15) is 0 Å². The summed E-state index contributed by atoms with van der Waals surface area (Å²) in [7, 11) is -3.43. The van der Waals surface area contributed by atoms with Crippen molar-refractivity contribution in [3.8, 4) is 0 Å². The van der Waals surface area contributed by atoms with Crippen molar-refractivity contribution < 1.29 is 33.8 Å². The largest absolute Gasteiger partial charge is 0.383 e. The van der Waals surface area contributed by atoms with Crippen molar-refractivity contribution >= 4 is 10.1 Å². The van der Waals surface area contributed by atoms with Crippen LogP contribution in [0.1, 0.15) is 51.9 Å². The molecule has 0 aliphatic rings.